The Hall–Kier alpha value is -1.73. The number of alkyl halides is 5. The number of nitrogens with zero attached hydrogens (tertiary/aromatic N) is 1. The van der Waals surface area contributed by atoms with Crippen molar-refractivity contribution in [3.63, 3.8) is 0 Å². The summed E-state index contributed by atoms with van der Waals surface area (Å²) in [5, 5.41) is 0. The highest BCUT2D eigenvalue weighted by molar-refractivity contribution is 5.71. The van der Waals surface area contributed by atoms with Gasteiger partial charge in [-0.15, -0.1) is 0 Å². The molecule has 0 N–H and O–H groups in total. The average molecular weight is 283 g/mol. The second-order valence-electron chi connectivity index (χ2n) is 3.52. The third-order valence-electron chi connectivity index (χ3n) is 2.13. The first-order valence-electron chi connectivity index (χ1n) is 5.26. The van der Waals surface area contributed by atoms with Gasteiger partial charge in [0.2, 0.25) is 0 Å². The molecule has 0 saturated carbocycles. The highest BCUT2D eigenvalue weighted by Crippen LogP contribution is 2.35. The van der Waals surface area contributed by atoms with E-state index in [9.17, 15) is 26.7 Å². The maximum atomic E-state index is 12.5. The molecule has 0 bridgehead atoms. The molecule has 1 aromatic heterocycles. The van der Waals surface area contributed by atoms with Gasteiger partial charge in [0.25, 0.3) is 6.43 Å². The van der Waals surface area contributed by atoms with Crippen molar-refractivity contribution >= 4 is 5.97 Å². The Morgan fingerprint density at radius 3 is 2.47 bits per heavy atom. The van der Waals surface area contributed by atoms with Crippen molar-refractivity contribution in [1.82, 2.24) is 4.98 Å². The summed E-state index contributed by atoms with van der Waals surface area (Å²) in [6.45, 7) is 1.63. The largest absolute Gasteiger partial charge is 0.466 e. The third kappa shape index (κ3) is 4.15. The van der Waals surface area contributed by atoms with Crippen molar-refractivity contribution in [1.29, 1.82) is 0 Å². The van der Waals surface area contributed by atoms with E-state index in [1.165, 1.54) is 0 Å². The van der Waals surface area contributed by atoms with Crippen LogP contribution in [0.1, 0.15) is 30.3 Å². The zero-order valence-electron chi connectivity index (χ0n) is 9.80. The Morgan fingerprint density at radius 2 is 2.00 bits per heavy atom. The molecule has 0 aliphatic carbocycles. The maximum Gasteiger partial charge on any atom is 0.418 e. The molecule has 0 atom stereocenters. The molecular formula is C11H10F5NO2. The highest BCUT2D eigenvalue weighted by Gasteiger charge is 2.36. The molecule has 0 aromatic carbocycles. The molecule has 0 saturated heterocycles. The van der Waals surface area contributed by atoms with Crippen LogP contribution < -0.4 is 0 Å². The van der Waals surface area contributed by atoms with Crippen LogP contribution in [0.15, 0.2) is 12.1 Å². The molecule has 106 valence electrons. The third-order valence-corrected chi connectivity index (χ3v) is 2.13. The van der Waals surface area contributed by atoms with Gasteiger partial charge in [-0.3, -0.25) is 9.78 Å². The second-order valence-corrected chi connectivity index (χ2v) is 3.52. The number of ether oxygens (including phenoxy) is 1. The topological polar surface area (TPSA) is 39.2 Å². The van der Waals surface area contributed by atoms with Gasteiger partial charge >= 0.3 is 12.1 Å². The molecule has 0 aliphatic heterocycles. The number of halogens is 5. The van der Waals surface area contributed by atoms with Gasteiger partial charge in [0, 0.05) is 0 Å². The van der Waals surface area contributed by atoms with E-state index in [4.69, 9.17) is 0 Å². The lowest BCUT2D eigenvalue weighted by Crippen LogP contribution is -2.14. The molecule has 8 heteroatoms. The van der Waals surface area contributed by atoms with Crippen molar-refractivity contribution < 1.29 is 31.5 Å². The first-order chi connectivity index (χ1) is 8.75. The summed E-state index contributed by atoms with van der Waals surface area (Å²) in [7, 11) is 0. The second kappa shape index (κ2) is 5.94. The van der Waals surface area contributed by atoms with Gasteiger partial charge in [-0.05, 0) is 19.1 Å². The molecule has 1 aromatic rings. The summed E-state index contributed by atoms with van der Waals surface area (Å²) in [5.41, 5.74) is -3.08. The first kappa shape index (κ1) is 15.3. The fourth-order valence-corrected chi connectivity index (χ4v) is 1.38. The van der Waals surface area contributed by atoms with Crippen LogP contribution in [0.25, 0.3) is 0 Å². The zero-order valence-corrected chi connectivity index (χ0v) is 9.80. The number of aromatic nitrogens is 1. The van der Waals surface area contributed by atoms with E-state index >= 15 is 0 Å². The minimum Gasteiger partial charge on any atom is -0.466 e. The number of esters is 1. The molecule has 0 radical (unpaired) electrons. The zero-order chi connectivity index (χ0) is 14.6. The van der Waals surface area contributed by atoms with Crippen molar-refractivity contribution in [3.8, 4) is 0 Å². The number of hydrogen-bond donors (Lipinski definition) is 0. The molecule has 0 spiro atoms. The van der Waals surface area contributed by atoms with Gasteiger partial charge in [0.1, 0.15) is 5.69 Å². The van der Waals surface area contributed by atoms with E-state index in [2.05, 4.69) is 9.72 Å². The lowest BCUT2D eigenvalue weighted by Gasteiger charge is -2.12. The predicted molar refractivity (Wildman–Crippen MR) is 54.5 cm³/mol. The Kier molecular flexibility index (Phi) is 4.79. The maximum absolute atomic E-state index is 12.5. The van der Waals surface area contributed by atoms with E-state index in [1.54, 1.807) is 6.92 Å². The Morgan fingerprint density at radius 1 is 1.37 bits per heavy atom. The van der Waals surface area contributed by atoms with Gasteiger partial charge in [-0.2, -0.15) is 13.2 Å². The van der Waals surface area contributed by atoms with Gasteiger partial charge < -0.3 is 4.74 Å². The molecule has 1 rings (SSSR count). The van der Waals surface area contributed by atoms with Crippen molar-refractivity contribution in [2.45, 2.75) is 25.9 Å². The van der Waals surface area contributed by atoms with Crippen molar-refractivity contribution in [2.75, 3.05) is 6.61 Å². The van der Waals surface area contributed by atoms with E-state index < -0.39 is 36.2 Å². The van der Waals surface area contributed by atoms with Crippen molar-refractivity contribution in [3.05, 3.63) is 29.1 Å². The monoisotopic (exact) mass is 283 g/mol. The fourth-order valence-electron chi connectivity index (χ4n) is 1.38. The van der Waals surface area contributed by atoms with Gasteiger partial charge in [0.05, 0.1) is 24.3 Å². The summed E-state index contributed by atoms with van der Waals surface area (Å²) in [6, 6.07) is 1.37. The number of hydrogen-bond acceptors (Lipinski definition) is 3. The standard InChI is InChI=1S/C11H10F5NO2/c1-2-19-8(18)5-6-3-4-7(11(14,15)16)9(17-6)10(12)13/h3-4,10H,2,5H2,1H3. The predicted octanol–water partition coefficient (Wildman–Crippen LogP) is 3.14. The number of carbonyl (C=O) groups excluding carboxylic acids is 1. The van der Waals surface area contributed by atoms with Crippen LogP contribution in [-0.4, -0.2) is 17.6 Å². The quantitative estimate of drug-likeness (QED) is 0.629. The van der Waals surface area contributed by atoms with Crippen LogP contribution in [0.4, 0.5) is 22.0 Å². The summed E-state index contributed by atoms with van der Waals surface area (Å²) in [4.78, 5) is 14.3. The van der Waals surface area contributed by atoms with Crippen LogP contribution in [-0.2, 0) is 22.1 Å². The van der Waals surface area contributed by atoms with E-state index in [1.807, 2.05) is 0 Å². The number of rotatable bonds is 4. The van der Waals surface area contributed by atoms with Crippen LogP contribution >= 0.6 is 0 Å². The van der Waals surface area contributed by atoms with E-state index in [-0.39, 0.29) is 12.3 Å². The molecule has 19 heavy (non-hydrogen) atoms. The molecule has 0 fully saturated rings. The summed E-state index contributed by atoms with van der Waals surface area (Å²) >= 11 is 0. The van der Waals surface area contributed by atoms with Gasteiger partial charge in [0.15, 0.2) is 0 Å². The molecule has 0 unspecified atom stereocenters. The fraction of sp³-hybridized carbons (Fsp3) is 0.455. The summed E-state index contributed by atoms with van der Waals surface area (Å²) in [6.07, 6.45) is -8.74. The molecular weight excluding hydrogens is 273 g/mol. The van der Waals surface area contributed by atoms with E-state index in [0.29, 0.717) is 6.07 Å². The Bertz CT molecular complexity index is 459. The van der Waals surface area contributed by atoms with Crippen LogP contribution in [0, 0.1) is 0 Å². The first-order valence-corrected chi connectivity index (χ1v) is 5.26. The van der Waals surface area contributed by atoms with E-state index in [0.717, 1.165) is 6.07 Å². The Balaban J connectivity index is 3.07. The summed E-state index contributed by atoms with van der Waals surface area (Å²) in [5.74, 6) is -0.741. The number of carbonyl (C=O) groups is 1. The Labute approximate surface area is 105 Å². The van der Waals surface area contributed by atoms with Crippen LogP contribution in [0.3, 0.4) is 0 Å². The average Bonchev–Trinajstić information content (AvgIpc) is 2.27. The van der Waals surface area contributed by atoms with Crippen molar-refractivity contribution in [2.24, 2.45) is 0 Å². The summed E-state index contributed by atoms with van der Waals surface area (Å²) < 4.78 is 67.0. The van der Waals surface area contributed by atoms with Crippen LogP contribution in [0.5, 0.6) is 0 Å². The minimum absolute atomic E-state index is 0.0845. The SMILES string of the molecule is CCOC(=O)Cc1ccc(C(F)(F)F)c(C(F)F)n1. The smallest absolute Gasteiger partial charge is 0.418 e. The lowest BCUT2D eigenvalue weighted by atomic mass is 10.1. The highest BCUT2D eigenvalue weighted by atomic mass is 19.4. The minimum atomic E-state index is -4.92. The molecule has 0 amide bonds. The van der Waals surface area contributed by atoms with Gasteiger partial charge in [-0.1, -0.05) is 0 Å². The molecule has 3 nitrogen and oxygen atoms in total. The lowest BCUT2D eigenvalue weighted by molar-refractivity contribution is -0.142. The molecule has 0 aliphatic rings. The normalized spacial score (nSPS) is 11.7. The number of pyridine rings is 1. The molecule has 1 heterocycles. The van der Waals surface area contributed by atoms with Crippen LogP contribution in [0.2, 0.25) is 0 Å². The van der Waals surface area contributed by atoms with Gasteiger partial charge in [-0.25, -0.2) is 8.78 Å².